The van der Waals surface area contributed by atoms with Crippen LogP contribution in [0.2, 0.25) is 0 Å². The number of cyclic esters (lactones) is 1. The number of pyridine rings is 1. The fourth-order valence-corrected chi connectivity index (χ4v) is 10.7. The molecule has 62 heavy (non-hydrogen) atoms. The van der Waals surface area contributed by atoms with Crippen molar-refractivity contribution < 1.29 is 33.4 Å². The molecule has 1 aromatic carbocycles. The van der Waals surface area contributed by atoms with Crippen LogP contribution in [-0.4, -0.2) is 100 Å². The highest BCUT2D eigenvalue weighted by Gasteiger charge is 2.59. The minimum Gasteiger partial charge on any atom is -0.464 e. The molecule has 3 fully saturated rings. The number of aryl methyl sites for hydroxylation is 1. The van der Waals surface area contributed by atoms with Crippen molar-refractivity contribution in [2.75, 3.05) is 40.0 Å². The smallest absolute Gasteiger partial charge is 0.324 e. The Labute approximate surface area is 368 Å². The molecule has 6 heterocycles. The Morgan fingerprint density at radius 2 is 1.87 bits per heavy atom. The third-order valence-corrected chi connectivity index (χ3v) is 14.0. The second kappa shape index (κ2) is 17.1. The van der Waals surface area contributed by atoms with E-state index in [0.717, 1.165) is 39.0 Å². The number of hydrogen-bond donors (Lipinski definition) is 2. The first-order valence-corrected chi connectivity index (χ1v) is 23.0. The van der Waals surface area contributed by atoms with Crippen LogP contribution < -0.4 is 10.7 Å². The van der Waals surface area contributed by atoms with E-state index in [4.69, 9.17) is 24.2 Å². The molecular weight excluding hydrogens is 807 g/mol. The molecule has 1 unspecified atom stereocenters. The summed E-state index contributed by atoms with van der Waals surface area (Å²) in [6.07, 6.45) is 2.18. The number of carbonyl (C=O) groups is 4. The van der Waals surface area contributed by atoms with Crippen LogP contribution in [0.1, 0.15) is 96.7 Å². The van der Waals surface area contributed by atoms with Gasteiger partial charge in [-0.15, -0.1) is 11.3 Å². The van der Waals surface area contributed by atoms with Crippen molar-refractivity contribution in [1.82, 2.24) is 35.2 Å². The van der Waals surface area contributed by atoms with Crippen molar-refractivity contribution in [3.8, 4) is 22.5 Å². The Bertz CT molecular complexity index is 2360. The number of amides is 3. The average molecular weight is 868 g/mol. The second-order valence-electron chi connectivity index (χ2n) is 19.1. The van der Waals surface area contributed by atoms with E-state index in [1.165, 1.54) is 16.3 Å². The average Bonchev–Trinajstić information content (AvgIpc) is 3.54. The molecule has 15 heteroatoms. The van der Waals surface area contributed by atoms with Crippen LogP contribution in [0.4, 0.5) is 0 Å². The van der Waals surface area contributed by atoms with E-state index in [1.807, 2.05) is 37.1 Å². The fourth-order valence-electron chi connectivity index (χ4n) is 9.79. The third-order valence-electron chi connectivity index (χ3n) is 13.1. The van der Waals surface area contributed by atoms with Gasteiger partial charge in [0.05, 0.1) is 41.6 Å². The van der Waals surface area contributed by atoms with Gasteiger partial charge in [0.25, 0.3) is 5.91 Å². The van der Waals surface area contributed by atoms with Crippen LogP contribution in [-0.2, 0) is 46.4 Å². The normalized spacial score (nSPS) is 26.3. The zero-order chi connectivity index (χ0) is 44.2. The molecule has 4 aromatic rings. The summed E-state index contributed by atoms with van der Waals surface area (Å²) in [5.41, 5.74) is 9.32. The Morgan fingerprint density at radius 1 is 1.10 bits per heavy atom. The van der Waals surface area contributed by atoms with Gasteiger partial charge in [-0.05, 0) is 81.2 Å². The molecule has 7 atom stereocenters. The van der Waals surface area contributed by atoms with Crippen molar-refractivity contribution in [3.63, 3.8) is 0 Å². The number of methoxy groups -OCH3 is 1. The van der Waals surface area contributed by atoms with Crippen molar-refractivity contribution in [1.29, 1.82) is 0 Å². The number of fused-ring (bicyclic) bond motifs is 6. The molecule has 3 aliphatic heterocycles. The number of ether oxygens (including phenoxy) is 3. The second-order valence-corrected chi connectivity index (χ2v) is 20.0. The maximum Gasteiger partial charge on any atom is 0.324 e. The number of hydrogen-bond acceptors (Lipinski definition) is 11. The SMILES string of the molecule is CCO[C@@H]1c2nc(cs2)-c2ccc3c(c2)c(c(-c2cccnc2[C@H](C)OC)n3CC)CC(C)(C)COC(=O)[C@@H]2CCCN(N2)C(=O)C1NC(=O)[C@@H]1[C@@H](C)[C@H]1C(=O)N1CC(C)(C)C1. The van der Waals surface area contributed by atoms with Crippen LogP contribution in [0, 0.1) is 28.6 Å². The first kappa shape index (κ1) is 43.9. The summed E-state index contributed by atoms with van der Waals surface area (Å²) in [7, 11) is 1.69. The monoisotopic (exact) mass is 867 g/mol. The van der Waals surface area contributed by atoms with E-state index in [1.54, 1.807) is 13.3 Å². The van der Waals surface area contributed by atoms with E-state index in [9.17, 15) is 19.2 Å². The zero-order valence-electron chi connectivity index (χ0n) is 37.4. The summed E-state index contributed by atoms with van der Waals surface area (Å²) < 4.78 is 20.6. The number of likely N-dealkylation sites (tertiary alicyclic amines) is 1. The lowest BCUT2D eigenvalue weighted by molar-refractivity contribution is -0.156. The van der Waals surface area contributed by atoms with Gasteiger partial charge in [-0.2, -0.15) is 0 Å². The first-order chi connectivity index (χ1) is 29.6. The quantitative estimate of drug-likeness (QED) is 0.178. The molecule has 14 nitrogen and oxygen atoms in total. The van der Waals surface area contributed by atoms with Gasteiger partial charge in [0.2, 0.25) is 11.8 Å². The molecule has 2 saturated heterocycles. The summed E-state index contributed by atoms with van der Waals surface area (Å²) in [5, 5.41) is 8.01. The standard InChI is InChI=1S/C47H61N7O7S/c1-10-53-34-17-16-28-20-30(34)31(39(53)29-14-12-18-48-37(29)27(4)59-9)21-46(5,6)25-61-45(58)32-15-13-19-54(51-32)44(57)38(40(60-11-2)42-49-33(28)22-62-42)50-41(55)35-26(3)36(35)43(56)52-23-47(7,8)24-52/h12,14,16-18,20,22,26-27,32,35-36,38,40,51H,10-11,13,15,19,21,23-25H2,1-9H3,(H,50,55)/t26-,27+,32+,35-,36-,38?,40+/m1/s1. The fraction of sp³-hybridized carbons (Fsp3) is 0.574. The van der Waals surface area contributed by atoms with E-state index in [-0.39, 0.29) is 42.5 Å². The van der Waals surface area contributed by atoms with E-state index in [2.05, 4.69) is 74.2 Å². The highest BCUT2D eigenvalue weighted by Crippen LogP contribution is 2.49. The van der Waals surface area contributed by atoms with Gasteiger partial charge in [0.1, 0.15) is 23.2 Å². The largest absolute Gasteiger partial charge is 0.464 e. The molecule has 4 aliphatic rings. The molecule has 3 amide bonds. The van der Waals surface area contributed by atoms with Gasteiger partial charge < -0.3 is 29.0 Å². The lowest BCUT2D eigenvalue weighted by Gasteiger charge is -2.46. The zero-order valence-corrected chi connectivity index (χ0v) is 38.3. The summed E-state index contributed by atoms with van der Waals surface area (Å²) in [6, 6.07) is 8.43. The number of hydrazine groups is 1. The number of nitrogens with zero attached hydrogens (tertiary/aromatic N) is 5. The van der Waals surface area contributed by atoms with Crippen molar-refractivity contribution in [2.45, 2.75) is 105 Å². The van der Waals surface area contributed by atoms with Crippen LogP contribution in [0.5, 0.6) is 0 Å². The van der Waals surface area contributed by atoms with Crippen molar-refractivity contribution in [2.24, 2.45) is 28.6 Å². The number of thiazole rings is 1. The number of carbonyl (C=O) groups excluding carboxylic acids is 4. The highest BCUT2D eigenvalue weighted by atomic mass is 32.1. The summed E-state index contributed by atoms with van der Waals surface area (Å²) in [6.45, 7) is 19.0. The lowest BCUT2D eigenvalue weighted by atomic mass is 9.84. The summed E-state index contributed by atoms with van der Waals surface area (Å²) in [4.78, 5) is 68.2. The summed E-state index contributed by atoms with van der Waals surface area (Å²) in [5.74, 6) is -2.51. The van der Waals surface area contributed by atoms with Crippen LogP contribution >= 0.6 is 11.3 Å². The first-order valence-electron chi connectivity index (χ1n) is 22.1. The molecule has 6 bridgehead atoms. The lowest BCUT2D eigenvalue weighted by Crippen LogP contribution is -2.61. The Kier molecular flexibility index (Phi) is 12.1. The molecule has 0 spiro atoms. The van der Waals surface area contributed by atoms with E-state index in [0.29, 0.717) is 56.1 Å². The Balaban J connectivity index is 1.22. The minimum atomic E-state index is -1.20. The predicted molar refractivity (Wildman–Crippen MR) is 236 cm³/mol. The molecule has 8 rings (SSSR count). The number of nitrogens with one attached hydrogen (secondary N) is 2. The topological polar surface area (TPSA) is 157 Å². The van der Waals surface area contributed by atoms with Gasteiger partial charge in [0, 0.05) is 78.9 Å². The van der Waals surface area contributed by atoms with E-state index >= 15 is 0 Å². The van der Waals surface area contributed by atoms with Gasteiger partial charge in [-0.1, -0.05) is 40.7 Å². The number of esters is 1. The van der Waals surface area contributed by atoms with Crippen LogP contribution in [0.3, 0.4) is 0 Å². The van der Waals surface area contributed by atoms with Gasteiger partial charge in [-0.25, -0.2) is 10.4 Å². The number of benzene rings is 1. The van der Waals surface area contributed by atoms with Gasteiger partial charge in [0.15, 0.2) is 0 Å². The molecule has 2 N–H and O–H groups in total. The molecule has 0 radical (unpaired) electrons. The maximum absolute atomic E-state index is 14.8. The third kappa shape index (κ3) is 8.28. The minimum absolute atomic E-state index is 0.0203. The molecule has 1 saturated carbocycles. The predicted octanol–water partition coefficient (Wildman–Crippen LogP) is 6.49. The molecule has 3 aromatic heterocycles. The summed E-state index contributed by atoms with van der Waals surface area (Å²) >= 11 is 1.37. The van der Waals surface area contributed by atoms with Crippen LogP contribution in [0.25, 0.3) is 33.4 Å². The Morgan fingerprint density at radius 3 is 2.58 bits per heavy atom. The van der Waals surface area contributed by atoms with E-state index < -0.39 is 47.3 Å². The molecule has 332 valence electrons. The van der Waals surface area contributed by atoms with Gasteiger partial charge in [-0.3, -0.25) is 29.2 Å². The van der Waals surface area contributed by atoms with Crippen molar-refractivity contribution in [3.05, 3.63) is 58.2 Å². The molecular formula is C47H61N7O7S. The Hall–Kier alpha value is -4.70. The maximum atomic E-state index is 14.8. The highest BCUT2D eigenvalue weighted by molar-refractivity contribution is 7.10. The number of aromatic nitrogens is 3. The molecule has 1 aliphatic carbocycles. The van der Waals surface area contributed by atoms with Gasteiger partial charge >= 0.3 is 5.97 Å². The van der Waals surface area contributed by atoms with Crippen LogP contribution in [0.15, 0.2) is 41.9 Å². The number of rotatable bonds is 9. The van der Waals surface area contributed by atoms with Crippen molar-refractivity contribution >= 4 is 45.9 Å².